The minimum atomic E-state index is -0.365. The molecule has 0 saturated carbocycles. The lowest BCUT2D eigenvalue weighted by Crippen LogP contribution is -2.25. The number of aromatic amines is 1. The van der Waals surface area contributed by atoms with E-state index in [9.17, 15) is 9.59 Å². The Balaban J connectivity index is 2.09. The van der Waals surface area contributed by atoms with Crippen molar-refractivity contribution in [3.05, 3.63) is 51.4 Å². The van der Waals surface area contributed by atoms with Gasteiger partial charge in [0.15, 0.2) is 5.16 Å². The number of nitrogens with zero attached hydrogens (tertiary/aromatic N) is 1. The van der Waals surface area contributed by atoms with Crippen molar-refractivity contribution in [3.8, 4) is 0 Å². The predicted octanol–water partition coefficient (Wildman–Crippen LogP) is 3.82. The second-order valence-electron chi connectivity index (χ2n) is 6.70. The number of hydrogen-bond acceptors (Lipinski definition) is 5. The summed E-state index contributed by atoms with van der Waals surface area (Å²) in [4.78, 5) is 31.7. The number of ether oxygens (including phenoxy) is 1. The first-order valence-corrected chi connectivity index (χ1v) is 9.93. The molecular weight excluding hydrogens is 362 g/mol. The second kappa shape index (κ2) is 9.71. The number of carbonyl (C=O) groups excluding carboxylic acids is 1. The van der Waals surface area contributed by atoms with Crippen LogP contribution in [0.5, 0.6) is 0 Å². The molecule has 7 heteroatoms. The number of amides is 1. The summed E-state index contributed by atoms with van der Waals surface area (Å²) in [6.07, 6.45) is 0.659. The first kappa shape index (κ1) is 21.2. The summed E-state index contributed by atoms with van der Waals surface area (Å²) in [7, 11) is 0. The van der Waals surface area contributed by atoms with E-state index in [0.29, 0.717) is 17.3 Å². The predicted molar refractivity (Wildman–Crippen MR) is 109 cm³/mol. The molecule has 27 heavy (non-hydrogen) atoms. The van der Waals surface area contributed by atoms with E-state index in [1.54, 1.807) is 0 Å². The fourth-order valence-electron chi connectivity index (χ4n) is 2.36. The summed E-state index contributed by atoms with van der Waals surface area (Å²) >= 11 is 1.25. The normalized spacial score (nSPS) is 12.2. The van der Waals surface area contributed by atoms with E-state index >= 15 is 0 Å². The van der Waals surface area contributed by atoms with Gasteiger partial charge in [0.1, 0.15) is 0 Å². The Kier molecular flexibility index (Phi) is 7.62. The number of aromatic nitrogens is 2. The van der Waals surface area contributed by atoms with Gasteiger partial charge in [-0.05, 0) is 57.4 Å². The fourth-order valence-corrected chi connectivity index (χ4v) is 3.30. The van der Waals surface area contributed by atoms with Gasteiger partial charge in [-0.2, -0.15) is 0 Å². The number of H-pyrrole nitrogens is 1. The summed E-state index contributed by atoms with van der Waals surface area (Å²) in [5, 5.41) is 3.00. The highest BCUT2D eigenvalue weighted by Gasteiger charge is 2.20. The van der Waals surface area contributed by atoms with Crippen LogP contribution in [0.15, 0.2) is 34.2 Å². The molecule has 1 amide bonds. The molecule has 2 rings (SSSR count). The van der Waals surface area contributed by atoms with Crippen LogP contribution in [0.3, 0.4) is 0 Å². The first-order valence-electron chi connectivity index (χ1n) is 9.05. The molecule has 0 bridgehead atoms. The van der Waals surface area contributed by atoms with Crippen LogP contribution in [-0.4, -0.2) is 27.2 Å². The number of benzene rings is 1. The van der Waals surface area contributed by atoms with Crippen molar-refractivity contribution in [1.82, 2.24) is 9.97 Å². The number of anilines is 1. The smallest absolute Gasteiger partial charge is 0.251 e. The highest BCUT2D eigenvalue weighted by Crippen LogP contribution is 2.24. The zero-order chi connectivity index (χ0) is 20.0. The maximum atomic E-state index is 12.7. The lowest BCUT2D eigenvalue weighted by Gasteiger charge is -2.15. The Labute approximate surface area is 164 Å². The minimum absolute atomic E-state index is 0.0503. The van der Waals surface area contributed by atoms with Gasteiger partial charge >= 0.3 is 0 Å². The van der Waals surface area contributed by atoms with Gasteiger partial charge in [0.2, 0.25) is 5.91 Å². The number of hydrogen-bond donors (Lipinski definition) is 2. The zero-order valence-corrected chi connectivity index (χ0v) is 17.3. The molecule has 0 aliphatic heterocycles. The molecule has 1 aromatic heterocycles. The Morgan fingerprint density at radius 1 is 1.26 bits per heavy atom. The van der Waals surface area contributed by atoms with Crippen LogP contribution in [0, 0.1) is 13.8 Å². The highest BCUT2D eigenvalue weighted by atomic mass is 32.2. The van der Waals surface area contributed by atoms with Crippen LogP contribution in [-0.2, 0) is 16.1 Å². The summed E-state index contributed by atoms with van der Waals surface area (Å²) < 4.78 is 5.51. The minimum Gasteiger partial charge on any atom is -0.373 e. The van der Waals surface area contributed by atoms with E-state index in [1.165, 1.54) is 23.4 Å². The molecule has 146 valence electrons. The number of nitrogens with one attached hydrogen (secondary N) is 2. The third-order valence-electron chi connectivity index (χ3n) is 4.03. The topological polar surface area (TPSA) is 84.1 Å². The molecule has 1 atom stereocenters. The number of rotatable bonds is 8. The van der Waals surface area contributed by atoms with Crippen molar-refractivity contribution in [3.63, 3.8) is 0 Å². The Morgan fingerprint density at radius 3 is 2.63 bits per heavy atom. The fraction of sp³-hybridized carbons (Fsp3) is 0.450. The SMILES string of the molecule is CCC(Sc1nc(COC(C)C)cc(=O)[nH]1)C(=O)Nc1ccc(C)c(C)c1. The molecule has 1 aromatic carbocycles. The summed E-state index contributed by atoms with van der Waals surface area (Å²) in [5.41, 5.74) is 3.37. The van der Waals surface area contributed by atoms with Crippen molar-refractivity contribution >= 4 is 23.4 Å². The van der Waals surface area contributed by atoms with Crippen molar-refractivity contribution < 1.29 is 9.53 Å². The maximum Gasteiger partial charge on any atom is 0.251 e. The van der Waals surface area contributed by atoms with E-state index in [-0.39, 0.29) is 29.4 Å². The number of carbonyl (C=O) groups is 1. The average molecular weight is 390 g/mol. The summed E-state index contributed by atoms with van der Waals surface area (Å²) in [6, 6.07) is 7.25. The van der Waals surface area contributed by atoms with Gasteiger partial charge in [-0.15, -0.1) is 0 Å². The average Bonchev–Trinajstić information content (AvgIpc) is 2.60. The van der Waals surface area contributed by atoms with Crippen LogP contribution in [0.4, 0.5) is 5.69 Å². The van der Waals surface area contributed by atoms with Crippen molar-refractivity contribution in [2.24, 2.45) is 0 Å². The van der Waals surface area contributed by atoms with Crippen molar-refractivity contribution in [1.29, 1.82) is 0 Å². The lowest BCUT2D eigenvalue weighted by molar-refractivity contribution is -0.115. The Bertz CT molecular complexity index is 849. The molecule has 1 unspecified atom stereocenters. The monoisotopic (exact) mass is 389 g/mol. The molecule has 0 fully saturated rings. The van der Waals surface area contributed by atoms with Gasteiger partial charge in [0.25, 0.3) is 5.56 Å². The van der Waals surface area contributed by atoms with Crippen molar-refractivity contribution in [2.45, 2.75) is 64.2 Å². The van der Waals surface area contributed by atoms with E-state index in [1.807, 2.05) is 52.8 Å². The van der Waals surface area contributed by atoms with Crippen LogP contribution < -0.4 is 10.9 Å². The molecular formula is C20H27N3O3S. The maximum absolute atomic E-state index is 12.7. The van der Waals surface area contributed by atoms with E-state index in [4.69, 9.17) is 4.74 Å². The van der Waals surface area contributed by atoms with Gasteiger partial charge in [-0.3, -0.25) is 9.59 Å². The number of thioether (sulfide) groups is 1. The molecule has 0 aliphatic carbocycles. The van der Waals surface area contributed by atoms with Gasteiger partial charge in [0.05, 0.1) is 23.7 Å². The molecule has 2 N–H and O–H groups in total. The molecule has 0 radical (unpaired) electrons. The van der Waals surface area contributed by atoms with Gasteiger partial charge in [0, 0.05) is 11.8 Å². The lowest BCUT2D eigenvalue weighted by atomic mass is 10.1. The largest absolute Gasteiger partial charge is 0.373 e. The van der Waals surface area contributed by atoms with E-state index in [0.717, 1.165) is 11.3 Å². The van der Waals surface area contributed by atoms with E-state index in [2.05, 4.69) is 15.3 Å². The quantitative estimate of drug-likeness (QED) is 0.530. The van der Waals surface area contributed by atoms with Gasteiger partial charge < -0.3 is 15.0 Å². The summed E-state index contributed by atoms with van der Waals surface area (Å²) in [5.74, 6) is -0.114. The van der Waals surface area contributed by atoms with Crippen LogP contribution in [0.25, 0.3) is 0 Å². The second-order valence-corrected chi connectivity index (χ2v) is 7.90. The Morgan fingerprint density at radius 2 is 2.00 bits per heavy atom. The Hall–Kier alpha value is -2.12. The molecule has 0 aliphatic rings. The van der Waals surface area contributed by atoms with Crippen LogP contribution >= 0.6 is 11.8 Å². The molecule has 0 saturated heterocycles. The standard InChI is InChI=1S/C20H27N3O3S/c1-6-17(19(25)21-15-8-7-13(4)14(5)9-15)27-20-22-16(10-18(24)23-20)11-26-12(2)3/h7-10,12,17H,6,11H2,1-5H3,(H,21,25)(H,22,23,24). The zero-order valence-electron chi connectivity index (χ0n) is 16.5. The number of aryl methyl sites for hydroxylation is 2. The van der Waals surface area contributed by atoms with Crippen LogP contribution in [0.2, 0.25) is 0 Å². The van der Waals surface area contributed by atoms with Crippen LogP contribution in [0.1, 0.15) is 44.0 Å². The van der Waals surface area contributed by atoms with Gasteiger partial charge in [-0.25, -0.2) is 4.98 Å². The molecule has 6 nitrogen and oxygen atoms in total. The third-order valence-corrected chi connectivity index (χ3v) is 5.28. The molecule has 0 spiro atoms. The summed E-state index contributed by atoms with van der Waals surface area (Å²) in [6.45, 7) is 10.1. The molecule has 2 aromatic rings. The third kappa shape index (κ3) is 6.52. The highest BCUT2D eigenvalue weighted by molar-refractivity contribution is 8.00. The molecule has 1 heterocycles. The van der Waals surface area contributed by atoms with Gasteiger partial charge in [-0.1, -0.05) is 24.8 Å². The van der Waals surface area contributed by atoms with E-state index < -0.39 is 0 Å². The first-order chi connectivity index (χ1) is 12.8. The van der Waals surface area contributed by atoms with Crippen molar-refractivity contribution in [2.75, 3.05) is 5.32 Å².